The molecule has 0 aliphatic carbocycles. The maximum atomic E-state index is 11.7. The fourth-order valence-electron chi connectivity index (χ4n) is 1.80. The highest BCUT2D eigenvalue weighted by Crippen LogP contribution is 2.11. The van der Waals surface area contributed by atoms with E-state index in [1.165, 1.54) is 0 Å². The van der Waals surface area contributed by atoms with E-state index in [2.05, 4.69) is 20.8 Å². The lowest BCUT2D eigenvalue weighted by atomic mass is 9.99. The topological polar surface area (TPSA) is 71.8 Å². The second-order valence-electron chi connectivity index (χ2n) is 4.32. The molecule has 1 unspecified atom stereocenters. The number of carbonyl (C=O) groups excluding carboxylic acids is 1. The van der Waals surface area contributed by atoms with Crippen molar-refractivity contribution in [2.45, 2.75) is 19.4 Å². The predicted molar refractivity (Wildman–Crippen MR) is 58.5 cm³/mol. The van der Waals surface area contributed by atoms with Gasteiger partial charge in [-0.15, -0.1) is 10.2 Å². The quantitative estimate of drug-likeness (QED) is 0.728. The Morgan fingerprint density at radius 1 is 1.75 bits per heavy atom. The van der Waals surface area contributed by atoms with Gasteiger partial charge in [-0.3, -0.25) is 4.79 Å². The van der Waals surface area contributed by atoms with Gasteiger partial charge >= 0.3 is 0 Å². The normalized spacial score (nSPS) is 17.9. The van der Waals surface area contributed by atoms with E-state index in [1.54, 1.807) is 6.33 Å². The molecule has 1 aromatic rings. The van der Waals surface area contributed by atoms with E-state index in [4.69, 9.17) is 0 Å². The van der Waals surface area contributed by atoms with Gasteiger partial charge in [-0.05, 0) is 25.9 Å². The Kier molecular flexibility index (Phi) is 3.19. The van der Waals surface area contributed by atoms with E-state index in [0.29, 0.717) is 12.3 Å². The van der Waals surface area contributed by atoms with E-state index in [9.17, 15) is 4.79 Å². The van der Waals surface area contributed by atoms with E-state index < -0.39 is 0 Å². The molecule has 1 saturated heterocycles. The first-order chi connectivity index (χ1) is 7.66. The summed E-state index contributed by atoms with van der Waals surface area (Å²) in [6.45, 7) is 3.82. The number of hydrogen-bond donors (Lipinski definition) is 2. The highest BCUT2D eigenvalue weighted by molar-refractivity contribution is 5.76. The first-order valence-electron chi connectivity index (χ1n) is 5.51. The molecule has 0 saturated carbocycles. The number of amides is 1. The fraction of sp³-hybridized carbons (Fsp3) is 0.700. The summed E-state index contributed by atoms with van der Waals surface area (Å²) < 4.78 is 1.82. The Balaban J connectivity index is 1.84. The maximum Gasteiger partial charge on any atom is 0.220 e. The van der Waals surface area contributed by atoms with Gasteiger partial charge in [-0.1, -0.05) is 0 Å². The van der Waals surface area contributed by atoms with Crippen LogP contribution in [-0.4, -0.2) is 33.8 Å². The molecule has 0 bridgehead atoms. The summed E-state index contributed by atoms with van der Waals surface area (Å²) in [6.07, 6.45) is 2.23. The van der Waals surface area contributed by atoms with Crippen molar-refractivity contribution in [2.75, 3.05) is 13.1 Å². The number of nitrogens with zero attached hydrogens (tertiary/aromatic N) is 3. The highest BCUT2D eigenvalue weighted by Gasteiger charge is 2.21. The molecule has 1 atom stereocenters. The van der Waals surface area contributed by atoms with Crippen molar-refractivity contribution in [3.63, 3.8) is 0 Å². The second kappa shape index (κ2) is 4.61. The zero-order valence-corrected chi connectivity index (χ0v) is 9.60. The molecular weight excluding hydrogens is 206 g/mol. The van der Waals surface area contributed by atoms with Crippen LogP contribution in [0.1, 0.15) is 25.2 Å². The van der Waals surface area contributed by atoms with Crippen LogP contribution in [0.25, 0.3) is 0 Å². The SMILES string of the molecule is CC(NC(=O)CC1CNC1)c1nncn1C. The van der Waals surface area contributed by atoms with Crippen molar-refractivity contribution in [1.82, 2.24) is 25.4 Å². The predicted octanol–water partition coefficient (Wildman–Crippen LogP) is -0.398. The van der Waals surface area contributed by atoms with Gasteiger partial charge in [-0.2, -0.15) is 0 Å². The van der Waals surface area contributed by atoms with Crippen LogP contribution < -0.4 is 10.6 Å². The minimum absolute atomic E-state index is 0.0852. The molecule has 2 N–H and O–H groups in total. The molecule has 6 heteroatoms. The fourth-order valence-corrected chi connectivity index (χ4v) is 1.80. The van der Waals surface area contributed by atoms with Crippen LogP contribution in [0, 0.1) is 5.92 Å². The van der Waals surface area contributed by atoms with Crippen LogP contribution in [0.3, 0.4) is 0 Å². The smallest absolute Gasteiger partial charge is 0.220 e. The van der Waals surface area contributed by atoms with Crippen molar-refractivity contribution in [1.29, 1.82) is 0 Å². The zero-order valence-electron chi connectivity index (χ0n) is 9.60. The Morgan fingerprint density at radius 2 is 2.50 bits per heavy atom. The minimum Gasteiger partial charge on any atom is -0.346 e. The van der Waals surface area contributed by atoms with Crippen LogP contribution in [0.5, 0.6) is 0 Å². The number of rotatable bonds is 4. The molecule has 1 aromatic heterocycles. The number of aryl methyl sites for hydroxylation is 1. The number of hydrogen-bond acceptors (Lipinski definition) is 4. The van der Waals surface area contributed by atoms with Gasteiger partial charge in [-0.25, -0.2) is 0 Å². The molecule has 6 nitrogen and oxygen atoms in total. The van der Waals surface area contributed by atoms with Crippen molar-refractivity contribution in [3.05, 3.63) is 12.2 Å². The zero-order chi connectivity index (χ0) is 11.5. The summed E-state index contributed by atoms with van der Waals surface area (Å²) in [4.78, 5) is 11.7. The molecule has 0 aromatic carbocycles. The van der Waals surface area contributed by atoms with E-state index in [1.807, 2.05) is 18.5 Å². The first kappa shape index (κ1) is 11.1. The number of carbonyl (C=O) groups is 1. The molecular formula is C10H17N5O. The van der Waals surface area contributed by atoms with E-state index in [0.717, 1.165) is 18.9 Å². The summed E-state index contributed by atoms with van der Waals surface area (Å²) in [6, 6.07) is -0.0898. The molecule has 0 spiro atoms. The summed E-state index contributed by atoms with van der Waals surface area (Å²) >= 11 is 0. The molecule has 88 valence electrons. The molecule has 0 radical (unpaired) electrons. The highest BCUT2D eigenvalue weighted by atomic mass is 16.1. The van der Waals surface area contributed by atoms with E-state index >= 15 is 0 Å². The number of nitrogens with one attached hydrogen (secondary N) is 2. The van der Waals surface area contributed by atoms with Crippen LogP contribution in [0.15, 0.2) is 6.33 Å². The van der Waals surface area contributed by atoms with Gasteiger partial charge < -0.3 is 15.2 Å². The third-order valence-corrected chi connectivity index (χ3v) is 2.85. The molecule has 1 aliphatic rings. The summed E-state index contributed by atoms with van der Waals surface area (Å²) in [5, 5.41) is 13.8. The summed E-state index contributed by atoms with van der Waals surface area (Å²) in [7, 11) is 1.87. The lowest BCUT2D eigenvalue weighted by molar-refractivity contribution is -0.123. The average molecular weight is 223 g/mol. The third-order valence-electron chi connectivity index (χ3n) is 2.85. The van der Waals surface area contributed by atoms with Gasteiger partial charge in [0.1, 0.15) is 6.33 Å². The average Bonchev–Trinajstić information content (AvgIpc) is 2.58. The van der Waals surface area contributed by atoms with Gasteiger partial charge in [0.25, 0.3) is 0 Å². The molecule has 1 amide bonds. The van der Waals surface area contributed by atoms with Crippen LogP contribution >= 0.6 is 0 Å². The molecule has 2 rings (SSSR count). The van der Waals surface area contributed by atoms with E-state index in [-0.39, 0.29) is 11.9 Å². The second-order valence-corrected chi connectivity index (χ2v) is 4.32. The Labute approximate surface area is 94.4 Å². The molecule has 2 heterocycles. The largest absolute Gasteiger partial charge is 0.346 e. The standard InChI is InChI=1S/C10H17N5O/c1-7(10-14-12-6-15(10)2)13-9(16)3-8-4-11-5-8/h6-8,11H,3-5H2,1-2H3,(H,13,16). The van der Waals surface area contributed by atoms with Crippen molar-refractivity contribution in [2.24, 2.45) is 13.0 Å². The molecule has 1 aliphatic heterocycles. The summed E-state index contributed by atoms with van der Waals surface area (Å²) in [5.74, 6) is 1.36. The lowest BCUT2D eigenvalue weighted by Gasteiger charge is -2.26. The van der Waals surface area contributed by atoms with Gasteiger partial charge in [0.05, 0.1) is 6.04 Å². The summed E-state index contributed by atoms with van der Waals surface area (Å²) in [5.41, 5.74) is 0. The Hall–Kier alpha value is -1.43. The molecule has 1 fully saturated rings. The maximum absolute atomic E-state index is 11.7. The lowest BCUT2D eigenvalue weighted by Crippen LogP contribution is -2.44. The Bertz CT molecular complexity index is 371. The first-order valence-corrected chi connectivity index (χ1v) is 5.51. The van der Waals surface area contributed by atoms with Gasteiger partial charge in [0.2, 0.25) is 5.91 Å². The van der Waals surface area contributed by atoms with Gasteiger partial charge in [0.15, 0.2) is 5.82 Å². The van der Waals surface area contributed by atoms with Crippen molar-refractivity contribution in [3.8, 4) is 0 Å². The van der Waals surface area contributed by atoms with Crippen molar-refractivity contribution >= 4 is 5.91 Å². The molecule has 16 heavy (non-hydrogen) atoms. The van der Waals surface area contributed by atoms with Crippen LogP contribution in [0.4, 0.5) is 0 Å². The number of aromatic nitrogens is 3. The van der Waals surface area contributed by atoms with Gasteiger partial charge in [0, 0.05) is 13.5 Å². The minimum atomic E-state index is -0.0898. The third kappa shape index (κ3) is 2.38. The Morgan fingerprint density at radius 3 is 3.00 bits per heavy atom. The van der Waals surface area contributed by atoms with Crippen LogP contribution in [0.2, 0.25) is 0 Å². The van der Waals surface area contributed by atoms with Crippen molar-refractivity contribution < 1.29 is 4.79 Å². The monoisotopic (exact) mass is 223 g/mol. The van der Waals surface area contributed by atoms with Crippen LogP contribution in [-0.2, 0) is 11.8 Å².